The number of aliphatic hydroxyl groups excluding tert-OH is 2. The molecule has 0 aliphatic heterocycles. The molecule has 108 valence electrons. The summed E-state index contributed by atoms with van der Waals surface area (Å²) in [5.74, 6) is 0.686. The number of aliphatic hydroxyl groups is 2. The molecular formula is C13H14N6O2. The molecule has 0 saturated carbocycles. The lowest BCUT2D eigenvalue weighted by Gasteiger charge is -2.07. The van der Waals surface area contributed by atoms with Crippen LogP contribution < -0.4 is 5.73 Å². The van der Waals surface area contributed by atoms with Gasteiger partial charge in [0, 0.05) is 5.56 Å². The summed E-state index contributed by atoms with van der Waals surface area (Å²) in [6.45, 7) is -0.287. The first-order valence-corrected chi connectivity index (χ1v) is 6.40. The van der Waals surface area contributed by atoms with E-state index < -0.39 is 6.10 Å². The molecule has 0 amide bonds. The largest absolute Gasteiger partial charge is 0.394 e. The van der Waals surface area contributed by atoms with Crippen LogP contribution in [0.15, 0.2) is 30.3 Å². The minimum atomic E-state index is -0.939. The van der Waals surface area contributed by atoms with E-state index in [-0.39, 0.29) is 19.0 Å². The highest BCUT2D eigenvalue weighted by Gasteiger charge is 2.15. The summed E-state index contributed by atoms with van der Waals surface area (Å²) < 4.78 is 1.40. The third-order valence-corrected chi connectivity index (χ3v) is 3.02. The Morgan fingerprint density at radius 1 is 1.19 bits per heavy atom. The van der Waals surface area contributed by atoms with Crippen molar-refractivity contribution >= 4 is 17.0 Å². The van der Waals surface area contributed by atoms with Crippen molar-refractivity contribution in [3.63, 3.8) is 0 Å². The molecule has 0 fully saturated rings. The predicted octanol–water partition coefficient (Wildman–Crippen LogP) is -0.176. The lowest BCUT2D eigenvalue weighted by molar-refractivity contribution is 0.0787. The Hall–Kier alpha value is -2.58. The van der Waals surface area contributed by atoms with E-state index in [1.165, 1.54) is 4.68 Å². The quantitative estimate of drug-likeness (QED) is 0.608. The molecule has 2 aromatic heterocycles. The number of fused-ring (bicyclic) bond motifs is 1. The van der Waals surface area contributed by atoms with Gasteiger partial charge in [-0.2, -0.15) is 0 Å². The molecule has 1 aromatic carbocycles. The van der Waals surface area contributed by atoms with Crippen LogP contribution in [-0.2, 0) is 6.54 Å². The SMILES string of the molecule is Nc1nc(-c2ccccc2)nc2c1nnn2C[C@H](O)CO. The zero-order valence-electron chi connectivity index (χ0n) is 11.1. The Bertz CT molecular complexity index is 758. The second-order valence-electron chi connectivity index (χ2n) is 4.58. The molecule has 3 rings (SSSR count). The van der Waals surface area contributed by atoms with Crippen LogP contribution in [0.5, 0.6) is 0 Å². The predicted molar refractivity (Wildman–Crippen MR) is 76.1 cm³/mol. The van der Waals surface area contributed by atoms with Gasteiger partial charge in [-0.1, -0.05) is 35.5 Å². The maximum absolute atomic E-state index is 9.53. The molecular weight excluding hydrogens is 272 g/mol. The van der Waals surface area contributed by atoms with Gasteiger partial charge in [-0.05, 0) is 0 Å². The summed E-state index contributed by atoms with van der Waals surface area (Å²) in [7, 11) is 0. The van der Waals surface area contributed by atoms with E-state index in [0.29, 0.717) is 17.0 Å². The van der Waals surface area contributed by atoms with Gasteiger partial charge in [-0.3, -0.25) is 0 Å². The van der Waals surface area contributed by atoms with Crippen molar-refractivity contribution < 1.29 is 10.2 Å². The van der Waals surface area contributed by atoms with Crippen LogP contribution in [0.4, 0.5) is 5.82 Å². The minimum absolute atomic E-state index is 0.0810. The molecule has 0 radical (unpaired) electrons. The van der Waals surface area contributed by atoms with Crippen LogP contribution in [0.3, 0.4) is 0 Å². The molecule has 0 bridgehead atoms. The molecule has 0 aliphatic rings. The van der Waals surface area contributed by atoms with E-state index in [0.717, 1.165) is 5.56 Å². The fourth-order valence-electron chi connectivity index (χ4n) is 1.97. The second-order valence-corrected chi connectivity index (χ2v) is 4.58. The molecule has 0 saturated heterocycles. The molecule has 2 heterocycles. The topological polar surface area (TPSA) is 123 Å². The van der Waals surface area contributed by atoms with Gasteiger partial charge in [0.2, 0.25) is 0 Å². The lowest BCUT2D eigenvalue weighted by atomic mass is 10.2. The van der Waals surface area contributed by atoms with Crippen LogP contribution in [0.1, 0.15) is 0 Å². The van der Waals surface area contributed by atoms with Crippen molar-refractivity contribution in [2.24, 2.45) is 0 Å². The van der Waals surface area contributed by atoms with Crippen molar-refractivity contribution in [2.45, 2.75) is 12.6 Å². The van der Waals surface area contributed by atoms with Gasteiger partial charge < -0.3 is 15.9 Å². The number of hydrogen-bond acceptors (Lipinski definition) is 7. The van der Waals surface area contributed by atoms with Gasteiger partial charge in [0.05, 0.1) is 19.3 Å². The Kier molecular flexibility index (Phi) is 3.46. The Labute approximate surface area is 119 Å². The number of nitrogens with zero attached hydrogens (tertiary/aromatic N) is 5. The van der Waals surface area contributed by atoms with Gasteiger partial charge in [0.1, 0.15) is 0 Å². The third kappa shape index (κ3) is 2.54. The first-order chi connectivity index (χ1) is 10.2. The molecule has 0 unspecified atom stereocenters. The summed E-state index contributed by atoms with van der Waals surface area (Å²) >= 11 is 0. The van der Waals surface area contributed by atoms with Gasteiger partial charge in [0.25, 0.3) is 0 Å². The van der Waals surface area contributed by atoms with Crippen molar-refractivity contribution in [2.75, 3.05) is 12.3 Å². The van der Waals surface area contributed by atoms with E-state index in [9.17, 15) is 5.11 Å². The minimum Gasteiger partial charge on any atom is -0.394 e. The van der Waals surface area contributed by atoms with Crippen molar-refractivity contribution in [3.8, 4) is 11.4 Å². The summed E-state index contributed by atoms with van der Waals surface area (Å²) in [6.07, 6.45) is -0.939. The lowest BCUT2D eigenvalue weighted by Crippen LogP contribution is -2.21. The number of nitrogens with two attached hydrogens (primary N) is 1. The van der Waals surface area contributed by atoms with Crippen molar-refractivity contribution in [1.82, 2.24) is 25.0 Å². The second kappa shape index (κ2) is 5.43. The van der Waals surface area contributed by atoms with Crippen LogP contribution in [0.25, 0.3) is 22.6 Å². The number of hydrogen-bond donors (Lipinski definition) is 3. The molecule has 4 N–H and O–H groups in total. The highest BCUT2D eigenvalue weighted by atomic mass is 16.3. The molecule has 1 atom stereocenters. The molecule has 8 heteroatoms. The van der Waals surface area contributed by atoms with Gasteiger partial charge in [0.15, 0.2) is 22.8 Å². The highest BCUT2D eigenvalue weighted by molar-refractivity contribution is 5.83. The first kappa shape index (κ1) is 13.4. The summed E-state index contributed by atoms with van der Waals surface area (Å²) in [5, 5.41) is 26.3. The van der Waals surface area contributed by atoms with E-state index in [1.54, 1.807) is 0 Å². The molecule has 0 spiro atoms. The molecule has 21 heavy (non-hydrogen) atoms. The maximum Gasteiger partial charge on any atom is 0.184 e. The third-order valence-electron chi connectivity index (χ3n) is 3.02. The van der Waals surface area contributed by atoms with E-state index in [1.807, 2.05) is 30.3 Å². The van der Waals surface area contributed by atoms with E-state index in [4.69, 9.17) is 10.8 Å². The summed E-state index contributed by atoms with van der Waals surface area (Å²) in [5.41, 5.74) is 7.51. The van der Waals surface area contributed by atoms with Gasteiger partial charge in [-0.15, -0.1) is 5.10 Å². The fourth-order valence-corrected chi connectivity index (χ4v) is 1.97. The maximum atomic E-state index is 9.53. The monoisotopic (exact) mass is 286 g/mol. The number of benzene rings is 1. The highest BCUT2D eigenvalue weighted by Crippen LogP contribution is 2.21. The fraction of sp³-hybridized carbons (Fsp3) is 0.231. The van der Waals surface area contributed by atoms with Crippen molar-refractivity contribution in [3.05, 3.63) is 30.3 Å². The average Bonchev–Trinajstić information content (AvgIpc) is 2.91. The van der Waals surface area contributed by atoms with Gasteiger partial charge in [-0.25, -0.2) is 14.6 Å². The first-order valence-electron chi connectivity index (χ1n) is 6.40. The normalized spacial score (nSPS) is 12.7. The van der Waals surface area contributed by atoms with Crippen LogP contribution in [-0.4, -0.2) is 47.9 Å². The number of anilines is 1. The Morgan fingerprint density at radius 3 is 2.67 bits per heavy atom. The molecule has 8 nitrogen and oxygen atoms in total. The standard InChI is InChI=1S/C13H14N6O2/c14-11-10-13(19(18-17-10)6-9(21)7-20)16-12(15-11)8-4-2-1-3-5-8/h1-5,9,20-21H,6-7H2,(H2,14,15,16)/t9-/m0/s1. The van der Waals surface area contributed by atoms with Crippen molar-refractivity contribution in [1.29, 1.82) is 0 Å². The summed E-state index contributed by atoms with van der Waals surface area (Å²) in [4.78, 5) is 8.63. The Morgan fingerprint density at radius 2 is 1.95 bits per heavy atom. The number of aromatic nitrogens is 5. The van der Waals surface area contributed by atoms with Crippen LogP contribution >= 0.6 is 0 Å². The zero-order valence-corrected chi connectivity index (χ0v) is 11.1. The van der Waals surface area contributed by atoms with Gasteiger partial charge >= 0.3 is 0 Å². The van der Waals surface area contributed by atoms with Crippen LogP contribution in [0, 0.1) is 0 Å². The van der Waals surface area contributed by atoms with E-state index in [2.05, 4.69) is 20.3 Å². The molecule has 0 aliphatic carbocycles. The average molecular weight is 286 g/mol. The number of nitrogen functional groups attached to an aromatic ring is 1. The number of rotatable bonds is 4. The van der Waals surface area contributed by atoms with E-state index >= 15 is 0 Å². The zero-order chi connectivity index (χ0) is 14.8. The summed E-state index contributed by atoms with van der Waals surface area (Å²) in [6, 6.07) is 9.40. The molecule has 3 aromatic rings. The van der Waals surface area contributed by atoms with Crippen LogP contribution in [0.2, 0.25) is 0 Å². The Balaban J connectivity index is 2.11. The smallest absolute Gasteiger partial charge is 0.184 e.